The Morgan fingerprint density at radius 3 is 1.60 bits per heavy atom. The van der Waals surface area contributed by atoms with Gasteiger partial charge in [0.1, 0.15) is 0 Å². The molecule has 0 aliphatic heterocycles. The Labute approximate surface area is 400 Å². The SMILES string of the molecule is CCc1ccc2c(c1)C1(c3ccccc3-c3ccc(N(c4ccccc4)c4cccc5c4C4(c6ccccc6-5)C5CC6CC(C5)CC4C6)cc31)c1cc(-c3ccc(-c4ccccc4)cc3)ccc1-2. The molecule has 1 unspecified atom stereocenters. The van der Waals surface area contributed by atoms with Crippen LogP contribution in [0.4, 0.5) is 17.1 Å². The number of rotatable bonds is 6. The average Bonchev–Trinajstić information content (AvgIpc) is 3.98. The van der Waals surface area contributed by atoms with E-state index in [0.717, 1.165) is 18.3 Å². The van der Waals surface area contributed by atoms with Crippen LogP contribution in [0.3, 0.4) is 0 Å². The monoisotopic (exact) mass is 871 g/mol. The quantitative estimate of drug-likeness (QED) is 0.161. The highest BCUT2D eigenvalue weighted by Gasteiger charge is 2.62. The molecule has 1 heteroatoms. The number of para-hydroxylation sites is 1. The average molecular weight is 872 g/mol. The minimum absolute atomic E-state index is 0.0206. The van der Waals surface area contributed by atoms with Crippen molar-refractivity contribution in [3.05, 3.63) is 245 Å². The maximum Gasteiger partial charge on any atom is 0.0726 e. The first-order valence-electron chi connectivity index (χ1n) is 25.4. The molecule has 7 aliphatic rings. The van der Waals surface area contributed by atoms with Crippen molar-refractivity contribution in [3.63, 3.8) is 0 Å². The molecule has 326 valence electrons. The van der Waals surface area contributed by atoms with Crippen molar-refractivity contribution in [1.29, 1.82) is 0 Å². The molecule has 2 spiro atoms. The first-order valence-corrected chi connectivity index (χ1v) is 25.4. The smallest absolute Gasteiger partial charge is 0.0726 e. The van der Waals surface area contributed by atoms with Crippen LogP contribution in [0.1, 0.15) is 78.0 Å². The van der Waals surface area contributed by atoms with E-state index in [1.54, 1.807) is 11.1 Å². The molecule has 0 amide bonds. The van der Waals surface area contributed by atoms with Crippen molar-refractivity contribution >= 4 is 17.1 Å². The van der Waals surface area contributed by atoms with Crippen LogP contribution in [0.5, 0.6) is 0 Å². The lowest BCUT2D eigenvalue weighted by molar-refractivity contribution is -0.0397. The molecule has 16 rings (SSSR count). The van der Waals surface area contributed by atoms with E-state index < -0.39 is 5.41 Å². The second-order valence-electron chi connectivity index (χ2n) is 21.1. The Balaban J connectivity index is 0.970. The number of hydrogen-bond donors (Lipinski definition) is 0. The van der Waals surface area contributed by atoms with Gasteiger partial charge in [0.2, 0.25) is 0 Å². The molecule has 68 heavy (non-hydrogen) atoms. The number of anilines is 3. The summed E-state index contributed by atoms with van der Waals surface area (Å²) in [6.07, 6.45) is 7.87. The minimum Gasteiger partial charge on any atom is -0.310 e. The van der Waals surface area contributed by atoms with Crippen LogP contribution in [-0.4, -0.2) is 0 Å². The molecule has 0 aromatic heterocycles. The fraction of sp³-hybridized carbons (Fsp3) is 0.194. The van der Waals surface area contributed by atoms with Gasteiger partial charge in [0.05, 0.1) is 11.1 Å². The Bertz CT molecular complexity index is 3480. The second-order valence-corrected chi connectivity index (χ2v) is 21.1. The van der Waals surface area contributed by atoms with Crippen LogP contribution in [-0.2, 0) is 17.3 Å². The van der Waals surface area contributed by atoms with E-state index in [0.29, 0.717) is 11.8 Å². The van der Waals surface area contributed by atoms with Gasteiger partial charge in [-0.15, -0.1) is 0 Å². The van der Waals surface area contributed by atoms with Crippen LogP contribution in [0, 0.1) is 23.7 Å². The third-order valence-electron chi connectivity index (χ3n) is 18.0. The maximum absolute atomic E-state index is 2.67. The topological polar surface area (TPSA) is 3.24 Å². The van der Waals surface area contributed by atoms with E-state index in [1.807, 2.05) is 0 Å². The van der Waals surface area contributed by atoms with Gasteiger partial charge >= 0.3 is 0 Å². The Hall–Kier alpha value is -7.22. The standard InChI is InChI=1S/C67H53N/c1-2-42-24-31-55-56-32-29-48(47-27-25-46(26-28-47)45-14-5-3-6-15-45)40-62(56)67(61(55)39-42)60-22-12-9-18-53(60)57-33-30-52(41-63(57)67)68(51-16-7-4-8-17-51)64-23-13-20-58-54-19-10-11-21-59(54)66(65(58)64)49-35-43-34-44(37-49)38-50(66)36-43/h3-33,39-41,43-44,49-50H,2,34-38H2,1H3. The van der Waals surface area contributed by atoms with Gasteiger partial charge in [0.15, 0.2) is 0 Å². The highest BCUT2D eigenvalue weighted by molar-refractivity contribution is 5.98. The van der Waals surface area contributed by atoms with Gasteiger partial charge in [-0.05, 0) is 193 Å². The molecule has 1 atom stereocenters. The lowest BCUT2D eigenvalue weighted by atomic mass is 9.43. The predicted octanol–water partition coefficient (Wildman–Crippen LogP) is 17.1. The zero-order chi connectivity index (χ0) is 44.7. The molecule has 4 saturated carbocycles. The van der Waals surface area contributed by atoms with Gasteiger partial charge < -0.3 is 4.90 Å². The number of fused-ring (bicyclic) bond motifs is 13. The lowest BCUT2D eigenvalue weighted by Crippen LogP contribution is -2.55. The van der Waals surface area contributed by atoms with E-state index >= 15 is 0 Å². The fourth-order valence-electron chi connectivity index (χ4n) is 15.6. The molecule has 0 N–H and O–H groups in total. The molecular formula is C67H53N. The van der Waals surface area contributed by atoms with Crippen molar-refractivity contribution in [3.8, 4) is 55.6 Å². The van der Waals surface area contributed by atoms with Crippen molar-refractivity contribution in [2.45, 2.75) is 56.3 Å². The number of aryl methyl sites for hydroxylation is 1. The zero-order valence-corrected chi connectivity index (χ0v) is 38.6. The number of nitrogens with zero attached hydrogens (tertiary/aromatic N) is 1. The summed E-state index contributed by atoms with van der Waals surface area (Å²) in [7, 11) is 0. The van der Waals surface area contributed by atoms with Crippen LogP contribution < -0.4 is 4.90 Å². The molecule has 0 heterocycles. The summed E-state index contributed by atoms with van der Waals surface area (Å²) in [5.74, 6) is 3.10. The predicted molar refractivity (Wildman–Crippen MR) is 281 cm³/mol. The number of hydrogen-bond acceptors (Lipinski definition) is 1. The summed E-state index contributed by atoms with van der Waals surface area (Å²) in [6.45, 7) is 2.30. The molecule has 0 radical (unpaired) electrons. The largest absolute Gasteiger partial charge is 0.310 e. The van der Waals surface area contributed by atoms with Crippen LogP contribution in [0.2, 0.25) is 0 Å². The molecule has 4 fully saturated rings. The van der Waals surface area contributed by atoms with E-state index in [1.165, 1.54) is 133 Å². The van der Waals surface area contributed by atoms with Crippen LogP contribution >= 0.6 is 0 Å². The maximum atomic E-state index is 2.67. The summed E-state index contributed by atoms with van der Waals surface area (Å²) in [5, 5.41) is 0. The van der Waals surface area contributed by atoms with Crippen molar-refractivity contribution < 1.29 is 0 Å². The molecule has 1 nitrogen and oxygen atoms in total. The molecular weight excluding hydrogens is 819 g/mol. The molecule has 9 aromatic rings. The Morgan fingerprint density at radius 1 is 0.382 bits per heavy atom. The molecule has 0 saturated heterocycles. The Morgan fingerprint density at radius 2 is 0.897 bits per heavy atom. The van der Waals surface area contributed by atoms with Crippen molar-refractivity contribution in [2.24, 2.45) is 23.7 Å². The van der Waals surface area contributed by atoms with Crippen LogP contribution in [0.25, 0.3) is 55.6 Å². The third kappa shape index (κ3) is 5.12. The fourth-order valence-corrected chi connectivity index (χ4v) is 15.6. The molecule has 4 bridgehead atoms. The summed E-state index contributed by atoms with van der Waals surface area (Å²) in [4.78, 5) is 2.67. The van der Waals surface area contributed by atoms with Crippen molar-refractivity contribution in [2.75, 3.05) is 4.90 Å². The van der Waals surface area contributed by atoms with E-state index in [4.69, 9.17) is 0 Å². The third-order valence-corrected chi connectivity index (χ3v) is 18.0. The summed E-state index contributed by atoms with van der Waals surface area (Å²) in [5.41, 5.74) is 26.6. The summed E-state index contributed by atoms with van der Waals surface area (Å²) >= 11 is 0. The highest BCUT2D eigenvalue weighted by Crippen LogP contribution is 2.71. The summed E-state index contributed by atoms with van der Waals surface area (Å²) < 4.78 is 0. The first kappa shape index (κ1) is 38.8. The highest BCUT2D eigenvalue weighted by atomic mass is 15.1. The van der Waals surface area contributed by atoms with Gasteiger partial charge in [0, 0.05) is 16.8 Å². The Kier molecular flexibility index (Phi) is 8.22. The van der Waals surface area contributed by atoms with E-state index in [-0.39, 0.29) is 5.41 Å². The minimum atomic E-state index is -0.502. The van der Waals surface area contributed by atoms with Crippen LogP contribution in [0.15, 0.2) is 206 Å². The van der Waals surface area contributed by atoms with Gasteiger partial charge in [-0.2, -0.15) is 0 Å². The summed E-state index contributed by atoms with van der Waals surface area (Å²) in [6, 6.07) is 79.6. The molecule has 7 aliphatic carbocycles. The van der Waals surface area contributed by atoms with Gasteiger partial charge in [-0.3, -0.25) is 0 Å². The zero-order valence-electron chi connectivity index (χ0n) is 38.6. The first-order chi connectivity index (χ1) is 33.6. The normalized spacial score (nSPS) is 23.5. The van der Waals surface area contributed by atoms with Gasteiger partial charge in [-0.25, -0.2) is 0 Å². The van der Waals surface area contributed by atoms with Crippen molar-refractivity contribution in [1.82, 2.24) is 0 Å². The van der Waals surface area contributed by atoms with Gasteiger partial charge in [0.25, 0.3) is 0 Å². The molecule has 9 aromatic carbocycles. The second kappa shape index (κ2) is 14.4. The van der Waals surface area contributed by atoms with Gasteiger partial charge in [-0.1, -0.05) is 177 Å². The van der Waals surface area contributed by atoms with E-state index in [9.17, 15) is 0 Å². The van der Waals surface area contributed by atoms with E-state index in [2.05, 4.69) is 218 Å². The lowest BCUT2D eigenvalue weighted by Gasteiger charge is -2.61. The number of benzene rings is 9.